The lowest BCUT2D eigenvalue weighted by atomic mass is 10.1. The topological polar surface area (TPSA) is 20.5 Å². The van der Waals surface area contributed by atoms with E-state index in [2.05, 4.69) is 72.9 Å². The van der Waals surface area contributed by atoms with Crippen LogP contribution in [0.4, 0.5) is 0 Å². The minimum absolute atomic E-state index is 0.871. The zero-order valence-corrected chi connectivity index (χ0v) is 12.9. The van der Waals surface area contributed by atoms with Gasteiger partial charge in [-0.05, 0) is 38.2 Å². The molecule has 0 aliphatic heterocycles. The van der Waals surface area contributed by atoms with Gasteiger partial charge < -0.3 is 9.30 Å². The summed E-state index contributed by atoms with van der Waals surface area (Å²) >= 11 is 0. The van der Waals surface area contributed by atoms with Gasteiger partial charge in [0.15, 0.2) is 0 Å². The fraction of sp³-hybridized carbons (Fsp3) is 0.278. The fourth-order valence-corrected chi connectivity index (χ4v) is 2.63. The van der Waals surface area contributed by atoms with Crippen molar-refractivity contribution in [3.63, 3.8) is 0 Å². The van der Waals surface area contributed by atoms with E-state index in [1.807, 2.05) is 6.07 Å². The van der Waals surface area contributed by atoms with Crippen LogP contribution in [0.5, 0.6) is 0 Å². The quantitative estimate of drug-likeness (QED) is 0.727. The second-order valence-corrected chi connectivity index (χ2v) is 5.62. The Labute approximate surface area is 125 Å². The lowest BCUT2D eigenvalue weighted by Gasteiger charge is -2.11. The minimum atomic E-state index is 0.871. The van der Waals surface area contributed by atoms with Crippen molar-refractivity contribution in [2.24, 2.45) is 0 Å². The molecule has 0 N–H and O–H groups in total. The van der Waals surface area contributed by atoms with Crippen LogP contribution < -0.4 is 0 Å². The van der Waals surface area contributed by atoms with Crippen molar-refractivity contribution in [2.75, 3.05) is 14.1 Å². The molecule has 0 radical (unpaired) electrons. The summed E-state index contributed by atoms with van der Waals surface area (Å²) in [6.07, 6.45) is 3.15. The predicted octanol–water partition coefficient (Wildman–Crippen LogP) is 3.63. The third kappa shape index (κ3) is 2.69. The van der Waals surface area contributed by atoms with Crippen molar-refractivity contribution in [3.8, 4) is 11.3 Å². The number of benzene rings is 1. The molecule has 3 heteroatoms. The third-order valence-electron chi connectivity index (χ3n) is 3.73. The molecule has 2 aromatic heterocycles. The summed E-state index contributed by atoms with van der Waals surface area (Å²) in [4.78, 5) is 7.01. The highest BCUT2D eigenvalue weighted by Crippen LogP contribution is 2.25. The summed E-state index contributed by atoms with van der Waals surface area (Å²) in [7, 11) is 4.18. The van der Waals surface area contributed by atoms with E-state index in [0.29, 0.717) is 0 Å². The van der Waals surface area contributed by atoms with E-state index in [1.54, 1.807) is 0 Å². The maximum atomic E-state index is 4.83. The third-order valence-corrected chi connectivity index (χ3v) is 3.73. The number of pyridine rings is 1. The highest BCUT2D eigenvalue weighted by Gasteiger charge is 2.14. The molecule has 2 heterocycles. The van der Waals surface area contributed by atoms with Crippen LogP contribution in [-0.2, 0) is 13.0 Å². The highest BCUT2D eigenvalue weighted by atomic mass is 15.1. The Bertz CT molecular complexity index is 739. The first kappa shape index (κ1) is 13.8. The van der Waals surface area contributed by atoms with Gasteiger partial charge in [-0.1, -0.05) is 37.3 Å². The van der Waals surface area contributed by atoms with Gasteiger partial charge in [0.2, 0.25) is 0 Å². The molecule has 108 valence electrons. The van der Waals surface area contributed by atoms with Gasteiger partial charge in [0.25, 0.3) is 0 Å². The van der Waals surface area contributed by atoms with Crippen LogP contribution in [0, 0.1) is 0 Å². The Morgan fingerprint density at radius 1 is 1.05 bits per heavy atom. The first-order valence-corrected chi connectivity index (χ1v) is 7.39. The molecule has 0 spiro atoms. The van der Waals surface area contributed by atoms with Crippen LogP contribution in [-0.4, -0.2) is 28.4 Å². The normalized spacial score (nSPS) is 11.4. The largest absolute Gasteiger partial charge is 0.304 e. The maximum absolute atomic E-state index is 4.83. The average molecular weight is 279 g/mol. The van der Waals surface area contributed by atoms with Crippen LogP contribution in [0.3, 0.4) is 0 Å². The molecule has 1 aromatic carbocycles. The van der Waals surface area contributed by atoms with E-state index in [4.69, 9.17) is 4.98 Å². The van der Waals surface area contributed by atoms with Gasteiger partial charge in [0.1, 0.15) is 5.65 Å². The molecule has 3 aromatic rings. The lowest BCUT2D eigenvalue weighted by molar-refractivity contribution is 0.396. The van der Waals surface area contributed by atoms with Crippen LogP contribution in [0.1, 0.15) is 18.2 Å². The number of aromatic nitrogens is 2. The molecule has 0 aliphatic carbocycles. The van der Waals surface area contributed by atoms with Gasteiger partial charge in [-0.2, -0.15) is 0 Å². The standard InChI is InChI=1S/C18H21N3/c1-4-14-8-10-15(11-9-14)18-16(13-20(2)3)21-12-6-5-7-17(21)19-18/h5-12H,4,13H2,1-3H3. The van der Waals surface area contributed by atoms with Gasteiger partial charge in [-0.15, -0.1) is 0 Å². The smallest absolute Gasteiger partial charge is 0.137 e. The Kier molecular flexibility index (Phi) is 3.76. The number of imidazole rings is 1. The van der Waals surface area contributed by atoms with Crippen molar-refractivity contribution < 1.29 is 0 Å². The molecule has 21 heavy (non-hydrogen) atoms. The Hall–Kier alpha value is -2.13. The molecule has 0 bridgehead atoms. The predicted molar refractivity (Wildman–Crippen MR) is 87.4 cm³/mol. The first-order chi connectivity index (χ1) is 10.2. The summed E-state index contributed by atoms with van der Waals surface area (Å²) in [5.41, 5.74) is 5.87. The van der Waals surface area contributed by atoms with E-state index in [0.717, 1.165) is 24.3 Å². The summed E-state index contributed by atoms with van der Waals surface area (Å²) in [6, 6.07) is 14.9. The SMILES string of the molecule is CCc1ccc(-c2nc3ccccn3c2CN(C)C)cc1. The number of hydrogen-bond donors (Lipinski definition) is 0. The lowest BCUT2D eigenvalue weighted by Crippen LogP contribution is -2.13. The number of aryl methyl sites for hydroxylation is 1. The second-order valence-electron chi connectivity index (χ2n) is 5.62. The molecule has 3 rings (SSSR count). The Morgan fingerprint density at radius 3 is 2.48 bits per heavy atom. The molecule has 0 saturated heterocycles. The molecule has 0 aliphatic rings. The number of nitrogens with zero attached hydrogens (tertiary/aromatic N) is 3. The van der Waals surface area contributed by atoms with Gasteiger partial charge in [-0.25, -0.2) is 4.98 Å². The van der Waals surface area contributed by atoms with Gasteiger partial charge in [-0.3, -0.25) is 0 Å². The first-order valence-electron chi connectivity index (χ1n) is 7.39. The van der Waals surface area contributed by atoms with Gasteiger partial charge in [0, 0.05) is 18.3 Å². The number of fused-ring (bicyclic) bond motifs is 1. The van der Waals surface area contributed by atoms with Crippen molar-refractivity contribution in [2.45, 2.75) is 19.9 Å². The van der Waals surface area contributed by atoms with Crippen LogP contribution in [0.2, 0.25) is 0 Å². The van der Waals surface area contributed by atoms with Crippen molar-refractivity contribution in [1.29, 1.82) is 0 Å². The van der Waals surface area contributed by atoms with E-state index < -0.39 is 0 Å². The summed E-state index contributed by atoms with van der Waals surface area (Å²) in [5, 5.41) is 0. The zero-order chi connectivity index (χ0) is 14.8. The number of rotatable bonds is 4. The van der Waals surface area contributed by atoms with Crippen LogP contribution in [0.15, 0.2) is 48.7 Å². The van der Waals surface area contributed by atoms with Crippen molar-refractivity contribution in [3.05, 3.63) is 59.9 Å². The molecule has 0 fully saturated rings. The Balaban J connectivity index is 2.15. The summed E-state index contributed by atoms with van der Waals surface area (Å²) in [5.74, 6) is 0. The average Bonchev–Trinajstić information content (AvgIpc) is 2.86. The summed E-state index contributed by atoms with van der Waals surface area (Å²) < 4.78 is 2.18. The monoisotopic (exact) mass is 279 g/mol. The van der Waals surface area contributed by atoms with E-state index >= 15 is 0 Å². The molecule has 0 unspecified atom stereocenters. The van der Waals surface area contributed by atoms with E-state index in [1.165, 1.54) is 16.8 Å². The van der Waals surface area contributed by atoms with Gasteiger partial charge in [0.05, 0.1) is 11.4 Å². The van der Waals surface area contributed by atoms with Crippen molar-refractivity contribution in [1.82, 2.24) is 14.3 Å². The van der Waals surface area contributed by atoms with E-state index in [9.17, 15) is 0 Å². The molecule has 0 atom stereocenters. The number of hydrogen-bond acceptors (Lipinski definition) is 2. The molecule has 3 nitrogen and oxygen atoms in total. The Morgan fingerprint density at radius 2 is 1.81 bits per heavy atom. The van der Waals surface area contributed by atoms with Crippen LogP contribution >= 0.6 is 0 Å². The van der Waals surface area contributed by atoms with E-state index in [-0.39, 0.29) is 0 Å². The highest BCUT2D eigenvalue weighted by molar-refractivity contribution is 5.66. The van der Waals surface area contributed by atoms with Crippen molar-refractivity contribution >= 4 is 5.65 Å². The molecule has 0 amide bonds. The summed E-state index contributed by atoms with van der Waals surface area (Å²) in [6.45, 7) is 3.05. The fourth-order valence-electron chi connectivity index (χ4n) is 2.63. The van der Waals surface area contributed by atoms with Crippen LogP contribution in [0.25, 0.3) is 16.9 Å². The zero-order valence-electron chi connectivity index (χ0n) is 12.9. The molecule has 0 saturated carbocycles. The molecular weight excluding hydrogens is 258 g/mol. The second kappa shape index (κ2) is 5.70. The maximum Gasteiger partial charge on any atom is 0.137 e. The van der Waals surface area contributed by atoms with Gasteiger partial charge >= 0.3 is 0 Å². The molecular formula is C18H21N3. The minimum Gasteiger partial charge on any atom is -0.304 e.